The summed E-state index contributed by atoms with van der Waals surface area (Å²) < 4.78 is 17.7. The third-order valence-electron chi connectivity index (χ3n) is 6.48. The molecular formula is C30H37N3O4. The fraction of sp³-hybridized carbons (Fsp3) is 0.400. The first kappa shape index (κ1) is 26.5. The predicted molar refractivity (Wildman–Crippen MR) is 144 cm³/mol. The predicted octanol–water partition coefficient (Wildman–Crippen LogP) is 5.24. The number of aromatic nitrogens is 1. The number of ether oxygens (including phenoxy) is 3. The highest BCUT2D eigenvalue weighted by atomic mass is 16.5. The van der Waals surface area contributed by atoms with Crippen LogP contribution in [0.15, 0.2) is 66.9 Å². The van der Waals surface area contributed by atoms with Gasteiger partial charge in [0.15, 0.2) is 11.5 Å². The lowest BCUT2D eigenvalue weighted by molar-refractivity contribution is -0.122. The van der Waals surface area contributed by atoms with Crippen molar-refractivity contribution < 1.29 is 19.0 Å². The quantitative estimate of drug-likeness (QED) is 0.496. The summed E-state index contributed by atoms with van der Waals surface area (Å²) in [6, 6.07) is 19.5. The van der Waals surface area contributed by atoms with Gasteiger partial charge in [0.05, 0.1) is 20.3 Å². The smallest absolute Gasteiger partial charge is 0.234 e. The number of rotatable bonds is 6. The molecule has 0 saturated carbocycles. The van der Waals surface area contributed by atoms with E-state index in [1.165, 1.54) is 0 Å². The van der Waals surface area contributed by atoms with Crippen LogP contribution in [0.2, 0.25) is 0 Å². The van der Waals surface area contributed by atoms with Gasteiger partial charge >= 0.3 is 0 Å². The highest BCUT2D eigenvalue weighted by molar-refractivity contribution is 5.78. The van der Waals surface area contributed by atoms with E-state index < -0.39 is 0 Å². The molecule has 4 rings (SSSR count). The van der Waals surface area contributed by atoms with Crippen LogP contribution in [0.25, 0.3) is 0 Å². The van der Waals surface area contributed by atoms with Gasteiger partial charge in [0.25, 0.3) is 0 Å². The molecule has 1 aliphatic rings. The molecule has 196 valence electrons. The molecule has 2 heterocycles. The van der Waals surface area contributed by atoms with Crippen molar-refractivity contribution in [2.24, 2.45) is 5.41 Å². The molecular weight excluding hydrogens is 466 g/mol. The molecule has 7 heteroatoms. The van der Waals surface area contributed by atoms with Gasteiger partial charge in [-0.3, -0.25) is 9.69 Å². The van der Waals surface area contributed by atoms with Gasteiger partial charge in [-0.05, 0) is 67.1 Å². The van der Waals surface area contributed by atoms with E-state index in [0.717, 1.165) is 42.7 Å². The second kappa shape index (κ2) is 12.6. The van der Waals surface area contributed by atoms with Gasteiger partial charge in [0.2, 0.25) is 11.8 Å². The number of carbonyl (C=O) groups excluding carboxylic acids is 1. The second-order valence-electron chi connectivity index (χ2n) is 10.2. The Morgan fingerprint density at radius 2 is 1.95 bits per heavy atom. The number of fused-ring (bicyclic) bond motifs is 2. The molecule has 0 spiro atoms. The molecule has 0 atom stereocenters. The molecule has 0 saturated heterocycles. The molecule has 7 nitrogen and oxygen atoms in total. The van der Waals surface area contributed by atoms with Crippen LogP contribution in [0, 0.1) is 5.41 Å². The van der Waals surface area contributed by atoms with E-state index in [1.807, 2.05) is 60.7 Å². The maximum absolute atomic E-state index is 12.9. The molecule has 3 aromatic rings. The molecule has 1 aromatic heterocycles. The van der Waals surface area contributed by atoms with Crippen molar-refractivity contribution in [2.75, 3.05) is 33.4 Å². The standard InChI is InChI=1S/C30H37N3O4/c1-30(2)15-8-18-33(21-28(34)31-17-14-23-9-6-11-25(19-23)35-3)20-24-10-7-16-32-29(24)37-27-13-5-4-12-26(27)36-22-30/h4-7,9-13,16,19H,8,14-15,17-18,20-22H2,1-3H3,(H,31,34). The van der Waals surface area contributed by atoms with Gasteiger partial charge in [-0.2, -0.15) is 0 Å². The Morgan fingerprint density at radius 1 is 1.11 bits per heavy atom. The van der Waals surface area contributed by atoms with E-state index in [-0.39, 0.29) is 11.3 Å². The molecule has 0 radical (unpaired) electrons. The SMILES string of the molecule is COc1cccc(CCNC(=O)CN2CCCC(C)(C)COc3ccccc3Oc3ncccc3C2)c1. The Labute approximate surface area is 219 Å². The van der Waals surface area contributed by atoms with Gasteiger partial charge in [0, 0.05) is 24.8 Å². The molecule has 0 aliphatic carbocycles. The van der Waals surface area contributed by atoms with Crippen LogP contribution in [-0.2, 0) is 17.8 Å². The van der Waals surface area contributed by atoms with Crippen LogP contribution in [0.4, 0.5) is 0 Å². The van der Waals surface area contributed by atoms with Crippen molar-refractivity contribution in [1.29, 1.82) is 0 Å². The number of hydrogen-bond donors (Lipinski definition) is 1. The molecule has 1 amide bonds. The second-order valence-corrected chi connectivity index (χ2v) is 10.2. The van der Waals surface area contributed by atoms with Crippen molar-refractivity contribution in [3.05, 3.63) is 78.0 Å². The number of nitrogens with one attached hydrogen (secondary N) is 1. The zero-order valence-electron chi connectivity index (χ0n) is 22.0. The van der Waals surface area contributed by atoms with E-state index >= 15 is 0 Å². The summed E-state index contributed by atoms with van der Waals surface area (Å²) in [7, 11) is 1.66. The number of nitrogens with zero attached hydrogens (tertiary/aromatic N) is 2. The minimum atomic E-state index is -0.0169. The first-order valence-corrected chi connectivity index (χ1v) is 12.9. The molecule has 0 fully saturated rings. The maximum Gasteiger partial charge on any atom is 0.234 e. The fourth-order valence-electron chi connectivity index (χ4n) is 4.41. The minimum Gasteiger partial charge on any atom is -0.497 e. The third-order valence-corrected chi connectivity index (χ3v) is 6.48. The van der Waals surface area contributed by atoms with Gasteiger partial charge < -0.3 is 19.5 Å². The monoisotopic (exact) mass is 503 g/mol. The van der Waals surface area contributed by atoms with E-state index in [4.69, 9.17) is 14.2 Å². The largest absolute Gasteiger partial charge is 0.497 e. The van der Waals surface area contributed by atoms with Crippen LogP contribution >= 0.6 is 0 Å². The Morgan fingerprint density at radius 3 is 2.78 bits per heavy atom. The van der Waals surface area contributed by atoms with Gasteiger partial charge in [-0.1, -0.05) is 44.2 Å². The summed E-state index contributed by atoms with van der Waals surface area (Å²) in [6.07, 6.45) is 4.39. The summed E-state index contributed by atoms with van der Waals surface area (Å²) in [5.74, 6) is 2.70. The van der Waals surface area contributed by atoms with Crippen LogP contribution < -0.4 is 19.5 Å². The van der Waals surface area contributed by atoms with Crippen molar-refractivity contribution in [1.82, 2.24) is 15.2 Å². The summed E-state index contributed by atoms with van der Waals surface area (Å²) in [6.45, 7) is 7.23. The number of methoxy groups -OCH3 is 1. The van der Waals surface area contributed by atoms with Crippen molar-refractivity contribution >= 4 is 5.91 Å². The summed E-state index contributed by atoms with van der Waals surface area (Å²) in [4.78, 5) is 19.6. The van der Waals surface area contributed by atoms with E-state index in [0.29, 0.717) is 43.6 Å². The van der Waals surface area contributed by atoms with Crippen molar-refractivity contribution in [3.8, 4) is 23.1 Å². The highest BCUT2D eigenvalue weighted by Gasteiger charge is 2.23. The number of pyridine rings is 1. The van der Waals surface area contributed by atoms with Crippen molar-refractivity contribution in [2.45, 2.75) is 39.7 Å². The Hall–Kier alpha value is -3.58. The van der Waals surface area contributed by atoms with Gasteiger partial charge in [0.1, 0.15) is 5.75 Å². The minimum absolute atomic E-state index is 0.00603. The van der Waals surface area contributed by atoms with Crippen LogP contribution in [-0.4, -0.2) is 49.1 Å². The lowest BCUT2D eigenvalue weighted by Gasteiger charge is -2.27. The van der Waals surface area contributed by atoms with Gasteiger partial charge in [-0.15, -0.1) is 0 Å². The Kier molecular flexibility index (Phi) is 9.01. The molecule has 0 unspecified atom stereocenters. The number of para-hydroxylation sites is 2. The Balaban J connectivity index is 1.45. The number of hydrogen-bond acceptors (Lipinski definition) is 6. The molecule has 37 heavy (non-hydrogen) atoms. The van der Waals surface area contributed by atoms with Crippen molar-refractivity contribution in [3.63, 3.8) is 0 Å². The average molecular weight is 504 g/mol. The topological polar surface area (TPSA) is 72.9 Å². The average Bonchev–Trinajstić information content (AvgIpc) is 2.89. The highest BCUT2D eigenvalue weighted by Crippen LogP contribution is 2.34. The molecule has 1 aliphatic heterocycles. The lowest BCUT2D eigenvalue weighted by Crippen LogP contribution is -2.38. The molecule has 0 bridgehead atoms. The van der Waals surface area contributed by atoms with Crippen LogP contribution in [0.3, 0.4) is 0 Å². The van der Waals surface area contributed by atoms with E-state index in [9.17, 15) is 4.79 Å². The normalized spacial score (nSPS) is 15.9. The lowest BCUT2D eigenvalue weighted by atomic mass is 9.88. The maximum atomic E-state index is 12.9. The summed E-state index contributed by atoms with van der Waals surface area (Å²) in [5, 5.41) is 3.08. The van der Waals surface area contributed by atoms with Crippen LogP contribution in [0.1, 0.15) is 37.8 Å². The third kappa shape index (κ3) is 7.95. The fourth-order valence-corrected chi connectivity index (χ4v) is 4.41. The van der Waals surface area contributed by atoms with Crippen LogP contribution in [0.5, 0.6) is 23.1 Å². The summed E-state index contributed by atoms with van der Waals surface area (Å²) in [5.41, 5.74) is 2.04. The zero-order valence-corrected chi connectivity index (χ0v) is 22.0. The first-order chi connectivity index (χ1) is 17.9. The van der Waals surface area contributed by atoms with Gasteiger partial charge in [-0.25, -0.2) is 4.98 Å². The number of carbonyl (C=O) groups is 1. The zero-order chi connectivity index (χ0) is 26.1. The van der Waals surface area contributed by atoms with E-state index in [1.54, 1.807) is 13.3 Å². The van der Waals surface area contributed by atoms with E-state index in [2.05, 4.69) is 29.0 Å². The summed E-state index contributed by atoms with van der Waals surface area (Å²) >= 11 is 0. The molecule has 1 N–H and O–H groups in total. The number of benzene rings is 2. The number of amides is 1. The Bertz CT molecular complexity index is 1180. The first-order valence-electron chi connectivity index (χ1n) is 12.9. The molecule has 2 aromatic carbocycles.